The van der Waals surface area contributed by atoms with Crippen LogP contribution in [0.15, 0.2) is 9.98 Å². The Morgan fingerprint density at radius 3 is 2.83 bits per heavy atom. The van der Waals surface area contributed by atoms with Crippen LogP contribution in [0.1, 0.15) is 0 Å². The Morgan fingerprint density at radius 1 is 1.67 bits per heavy atom. The van der Waals surface area contributed by atoms with Crippen molar-refractivity contribution in [3.8, 4) is 6.07 Å². The second-order valence-corrected chi connectivity index (χ2v) is 3.27. The van der Waals surface area contributed by atoms with Crippen LogP contribution in [0, 0.1) is 17.2 Å². The number of hydrogen-bond donors (Lipinski definition) is 1. The highest BCUT2D eigenvalue weighted by Crippen LogP contribution is 2.16. The van der Waals surface area contributed by atoms with E-state index in [9.17, 15) is 0 Å². The van der Waals surface area contributed by atoms with Crippen LogP contribution in [-0.2, 0) is 0 Å². The Morgan fingerprint density at radius 2 is 2.33 bits per heavy atom. The summed E-state index contributed by atoms with van der Waals surface area (Å²) < 4.78 is 0. The first-order valence-corrected chi connectivity index (χ1v) is 4.72. The van der Waals surface area contributed by atoms with E-state index < -0.39 is 5.92 Å². The third-order valence-corrected chi connectivity index (χ3v) is 2.35. The van der Waals surface area contributed by atoms with Gasteiger partial charge in [-0.2, -0.15) is 5.26 Å². The second-order valence-electron chi connectivity index (χ2n) is 2.02. The van der Waals surface area contributed by atoms with E-state index in [-0.39, 0.29) is 5.96 Å². The lowest BCUT2D eigenvalue weighted by Crippen LogP contribution is -2.27. The maximum absolute atomic E-state index is 8.71. The predicted octanol–water partition coefficient (Wildman–Crippen LogP) is 0.543. The number of nitriles is 1. The van der Waals surface area contributed by atoms with Crippen LogP contribution in [0.4, 0.5) is 0 Å². The minimum atomic E-state index is -0.498. The molecule has 0 amide bonds. The van der Waals surface area contributed by atoms with Gasteiger partial charge in [0, 0.05) is 0 Å². The number of hydrogen-bond acceptors (Lipinski definition) is 5. The molecule has 0 radical (unpaired) electrons. The summed E-state index contributed by atoms with van der Waals surface area (Å²) in [4.78, 5) is 7.94. The molecule has 1 atom stereocenters. The summed E-state index contributed by atoms with van der Waals surface area (Å²) in [5.74, 6) is -0.363. The van der Waals surface area contributed by atoms with Gasteiger partial charge in [0.05, 0.1) is 6.07 Å². The summed E-state index contributed by atoms with van der Waals surface area (Å²) in [5.41, 5.74) is 5.36. The Hall–Kier alpha value is -0.930. The van der Waals surface area contributed by atoms with Crippen molar-refractivity contribution in [1.29, 1.82) is 5.26 Å². The molecule has 0 saturated carbocycles. The van der Waals surface area contributed by atoms with Crippen molar-refractivity contribution in [1.82, 2.24) is 0 Å². The minimum Gasteiger partial charge on any atom is -0.368 e. The molecule has 62 valence electrons. The topological polar surface area (TPSA) is 74.5 Å². The van der Waals surface area contributed by atoms with E-state index in [1.54, 1.807) is 0 Å². The molecule has 0 bridgehead atoms. The first-order chi connectivity index (χ1) is 5.69. The molecule has 0 aliphatic carbocycles. The fraction of sp³-hybridized carbons (Fsp3) is 0.333. The van der Waals surface area contributed by atoms with E-state index in [1.807, 2.05) is 12.3 Å². The van der Waals surface area contributed by atoms with E-state index >= 15 is 0 Å². The third kappa shape index (κ3) is 1.62. The summed E-state index contributed by atoms with van der Waals surface area (Å²) in [5, 5.41) is 9.33. The first kappa shape index (κ1) is 9.16. The van der Waals surface area contributed by atoms with Gasteiger partial charge in [-0.15, -0.1) is 11.8 Å². The number of thioether (sulfide) groups is 1. The quantitative estimate of drug-likeness (QED) is 0.576. The number of guanidine groups is 1. The average molecular weight is 198 g/mol. The largest absolute Gasteiger partial charge is 0.368 e. The number of nitrogens with zero attached hydrogens (tertiary/aromatic N) is 3. The molecule has 1 rings (SSSR count). The molecule has 0 saturated heterocycles. The number of aliphatic imine (C=N–C) groups is 2. The van der Waals surface area contributed by atoms with Gasteiger partial charge < -0.3 is 5.73 Å². The molecule has 1 heterocycles. The Balaban J connectivity index is 3.03. The summed E-state index contributed by atoms with van der Waals surface area (Å²) in [6, 6.07) is 2.02. The molecule has 2 N–H and O–H groups in total. The number of rotatable bonds is 0. The summed E-state index contributed by atoms with van der Waals surface area (Å²) in [6.45, 7) is 0. The first-order valence-electron chi connectivity index (χ1n) is 3.09. The highest BCUT2D eigenvalue weighted by atomic mass is 32.2. The summed E-state index contributed by atoms with van der Waals surface area (Å²) in [7, 11) is 0. The molecule has 6 heteroatoms. The van der Waals surface area contributed by atoms with E-state index in [0.717, 1.165) is 0 Å². The fourth-order valence-electron chi connectivity index (χ4n) is 0.759. The van der Waals surface area contributed by atoms with Crippen LogP contribution in [0.2, 0.25) is 0 Å². The monoisotopic (exact) mass is 198 g/mol. The molecule has 4 nitrogen and oxygen atoms in total. The Labute approximate surface area is 79.6 Å². The van der Waals surface area contributed by atoms with Crippen molar-refractivity contribution < 1.29 is 0 Å². The van der Waals surface area contributed by atoms with Crippen LogP contribution < -0.4 is 5.73 Å². The maximum Gasteiger partial charge on any atom is 0.221 e. The standard InChI is InChI=1S/C6H6N4S2/c1-12-5-3(2-7)4(11)9-6(8)10-5/h3H,1H3,(H2,8,9,11). The SMILES string of the molecule is CSC1=NC(N)=NC(=S)C1C#N. The molecule has 1 aliphatic heterocycles. The molecule has 0 spiro atoms. The molecule has 12 heavy (non-hydrogen) atoms. The molecular formula is C6H6N4S2. The Bertz CT molecular complexity index is 312. The zero-order chi connectivity index (χ0) is 9.14. The van der Waals surface area contributed by atoms with Gasteiger partial charge in [-0.3, -0.25) is 0 Å². The molecule has 0 aromatic carbocycles. The predicted molar refractivity (Wildman–Crippen MR) is 54.3 cm³/mol. The smallest absolute Gasteiger partial charge is 0.221 e. The van der Waals surface area contributed by atoms with E-state index in [0.29, 0.717) is 10.0 Å². The van der Waals surface area contributed by atoms with Gasteiger partial charge in [-0.1, -0.05) is 12.2 Å². The summed E-state index contributed by atoms with van der Waals surface area (Å²) in [6.07, 6.45) is 1.82. The van der Waals surface area contributed by atoms with Crippen molar-refractivity contribution >= 4 is 40.0 Å². The second kappa shape index (κ2) is 3.65. The van der Waals surface area contributed by atoms with Gasteiger partial charge in [0.15, 0.2) is 0 Å². The van der Waals surface area contributed by atoms with Crippen molar-refractivity contribution in [2.24, 2.45) is 21.6 Å². The lowest BCUT2D eigenvalue weighted by atomic mass is 10.2. The van der Waals surface area contributed by atoms with Crippen LogP contribution in [0.3, 0.4) is 0 Å². The summed E-state index contributed by atoms with van der Waals surface area (Å²) >= 11 is 6.23. The average Bonchev–Trinajstić information content (AvgIpc) is 2.03. The van der Waals surface area contributed by atoms with Crippen LogP contribution in [0.5, 0.6) is 0 Å². The van der Waals surface area contributed by atoms with Crippen molar-refractivity contribution in [2.75, 3.05) is 6.26 Å². The highest BCUT2D eigenvalue weighted by molar-refractivity contribution is 8.13. The zero-order valence-electron chi connectivity index (χ0n) is 6.31. The van der Waals surface area contributed by atoms with E-state index in [1.165, 1.54) is 11.8 Å². The van der Waals surface area contributed by atoms with E-state index in [4.69, 9.17) is 23.2 Å². The van der Waals surface area contributed by atoms with Crippen LogP contribution in [0.25, 0.3) is 0 Å². The number of thiocarbonyl (C=S) groups is 1. The molecule has 0 aromatic heterocycles. The number of nitrogens with two attached hydrogens (primary N) is 1. The zero-order valence-corrected chi connectivity index (χ0v) is 7.95. The van der Waals surface area contributed by atoms with Crippen LogP contribution in [-0.4, -0.2) is 22.2 Å². The highest BCUT2D eigenvalue weighted by Gasteiger charge is 2.23. The molecule has 1 unspecified atom stereocenters. The van der Waals surface area contributed by atoms with Gasteiger partial charge in [0.25, 0.3) is 0 Å². The lowest BCUT2D eigenvalue weighted by Gasteiger charge is -2.12. The van der Waals surface area contributed by atoms with Crippen LogP contribution >= 0.6 is 24.0 Å². The van der Waals surface area contributed by atoms with Crippen molar-refractivity contribution in [3.63, 3.8) is 0 Å². The molecule has 1 aliphatic rings. The Kier molecular flexibility index (Phi) is 2.78. The normalized spacial score (nSPS) is 22.7. The van der Waals surface area contributed by atoms with E-state index in [2.05, 4.69) is 9.98 Å². The van der Waals surface area contributed by atoms with Gasteiger partial charge in [0.2, 0.25) is 5.96 Å². The van der Waals surface area contributed by atoms with Gasteiger partial charge in [0.1, 0.15) is 16.0 Å². The van der Waals surface area contributed by atoms with Gasteiger partial charge in [-0.25, -0.2) is 9.98 Å². The maximum atomic E-state index is 8.71. The fourth-order valence-corrected chi connectivity index (χ4v) is 1.68. The third-order valence-electron chi connectivity index (χ3n) is 1.28. The minimum absolute atomic E-state index is 0.135. The van der Waals surface area contributed by atoms with Gasteiger partial charge >= 0.3 is 0 Å². The molecular weight excluding hydrogens is 192 g/mol. The van der Waals surface area contributed by atoms with Gasteiger partial charge in [-0.05, 0) is 6.26 Å². The van der Waals surface area contributed by atoms with Crippen molar-refractivity contribution in [3.05, 3.63) is 0 Å². The lowest BCUT2D eigenvalue weighted by molar-refractivity contribution is 1.20. The van der Waals surface area contributed by atoms with Crippen molar-refractivity contribution in [2.45, 2.75) is 0 Å². The molecule has 0 fully saturated rings. The molecule has 0 aromatic rings.